The van der Waals surface area contributed by atoms with E-state index in [2.05, 4.69) is 16.2 Å². The summed E-state index contributed by atoms with van der Waals surface area (Å²) in [6, 6.07) is 3.94. The first-order valence-electron chi connectivity index (χ1n) is 4.59. The highest BCUT2D eigenvalue weighted by Crippen LogP contribution is 2.10. The summed E-state index contributed by atoms with van der Waals surface area (Å²) in [5, 5.41) is 12.9. The molecule has 15 heavy (non-hydrogen) atoms. The molecule has 0 atom stereocenters. The lowest BCUT2D eigenvalue weighted by Gasteiger charge is -2.02. The van der Waals surface area contributed by atoms with Gasteiger partial charge in [-0.05, 0) is 31.0 Å². The zero-order chi connectivity index (χ0) is 10.8. The first kappa shape index (κ1) is 9.41. The summed E-state index contributed by atoms with van der Waals surface area (Å²) in [4.78, 5) is 4.17. The maximum absolute atomic E-state index is 8.77. The molecule has 0 bridgehead atoms. The lowest BCUT2D eigenvalue weighted by molar-refractivity contribution is 0.844. The largest absolute Gasteiger partial charge is 0.236 e. The molecule has 74 valence electrons. The van der Waals surface area contributed by atoms with E-state index in [1.54, 1.807) is 17.1 Å². The predicted octanol–water partition coefficient (Wildman–Crippen LogP) is 1.76. The number of aryl methyl sites for hydroxylation is 2. The van der Waals surface area contributed by atoms with Crippen molar-refractivity contribution in [1.29, 1.82) is 5.26 Å². The van der Waals surface area contributed by atoms with Crippen molar-refractivity contribution in [3.8, 4) is 11.9 Å². The first-order chi connectivity index (χ1) is 7.20. The highest BCUT2D eigenvalue weighted by atomic mass is 15.3. The van der Waals surface area contributed by atoms with Gasteiger partial charge in [-0.2, -0.15) is 10.4 Å². The fourth-order valence-corrected chi connectivity index (χ4v) is 1.32. The summed E-state index contributed by atoms with van der Waals surface area (Å²) in [5.74, 6) is 0.736. The van der Waals surface area contributed by atoms with Crippen LogP contribution in [0.25, 0.3) is 5.82 Å². The number of pyridine rings is 1. The summed E-state index contributed by atoms with van der Waals surface area (Å²) in [5.41, 5.74) is 2.59. The van der Waals surface area contributed by atoms with Crippen molar-refractivity contribution in [1.82, 2.24) is 14.8 Å². The molecule has 0 unspecified atom stereocenters. The molecule has 4 heteroatoms. The van der Waals surface area contributed by atoms with Crippen molar-refractivity contribution in [3.05, 3.63) is 41.3 Å². The van der Waals surface area contributed by atoms with Crippen LogP contribution in [0.2, 0.25) is 0 Å². The molecule has 0 spiro atoms. The van der Waals surface area contributed by atoms with Crippen LogP contribution >= 0.6 is 0 Å². The monoisotopic (exact) mass is 198 g/mol. The minimum absolute atomic E-state index is 0.600. The third-order valence-electron chi connectivity index (χ3n) is 2.16. The van der Waals surface area contributed by atoms with Gasteiger partial charge in [-0.25, -0.2) is 9.67 Å². The zero-order valence-corrected chi connectivity index (χ0v) is 8.60. The quantitative estimate of drug-likeness (QED) is 0.701. The molecule has 0 aliphatic heterocycles. The summed E-state index contributed by atoms with van der Waals surface area (Å²) >= 11 is 0. The third kappa shape index (κ3) is 1.72. The van der Waals surface area contributed by atoms with Gasteiger partial charge in [0.05, 0.1) is 11.8 Å². The molecule has 4 nitrogen and oxygen atoms in total. The second-order valence-electron chi connectivity index (χ2n) is 3.43. The Bertz CT molecular complexity index is 534. The molecule has 2 aromatic heterocycles. The van der Waals surface area contributed by atoms with E-state index in [-0.39, 0.29) is 0 Å². The molecule has 0 amide bonds. The van der Waals surface area contributed by atoms with Gasteiger partial charge in [0, 0.05) is 12.4 Å². The Morgan fingerprint density at radius 2 is 2.13 bits per heavy atom. The number of hydrogen-bond donors (Lipinski definition) is 0. The number of hydrogen-bond acceptors (Lipinski definition) is 3. The maximum Gasteiger partial charge on any atom is 0.153 e. The standard InChI is InChI=1S/C11H10N4/c1-8-5-14-15(7-8)11-3-9(2)10(4-12)6-13-11/h3,5-7H,1-2H3. The Hall–Kier alpha value is -2.15. The Balaban J connectivity index is 2.48. The molecular formula is C11H10N4. The molecular weight excluding hydrogens is 188 g/mol. The van der Waals surface area contributed by atoms with E-state index >= 15 is 0 Å². The van der Waals surface area contributed by atoms with Crippen LogP contribution in [0.1, 0.15) is 16.7 Å². The lowest BCUT2D eigenvalue weighted by atomic mass is 10.2. The summed E-state index contributed by atoms with van der Waals surface area (Å²) in [6.07, 6.45) is 5.24. The van der Waals surface area contributed by atoms with Crippen LogP contribution in [0.4, 0.5) is 0 Å². The van der Waals surface area contributed by atoms with Crippen molar-refractivity contribution in [2.45, 2.75) is 13.8 Å². The molecule has 0 aromatic carbocycles. The highest BCUT2D eigenvalue weighted by Gasteiger charge is 2.03. The maximum atomic E-state index is 8.77. The molecule has 2 heterocycles. The summed E-state index contributed by atoms with van der Waals surface area (Å²) in [6.45, 7) is 3.86. The number of nitrogens with zero attached hydrogens (tertiary/aromatic N) is 4. The Kier molecular flexibility index (Phi) is 2.22. The second-order valence-corrected chi connectivity index (χ2v) is 3.43. The van der Waals surface area contributed by atoms with Crippen LogP contribution in [0, 0.1) is 25.2 Å². The van der Waals surface area contributed by atoms with Crippen LogP contribution < -0.4 is 0 Å². The lowest BCUT2D eigenvalue weighted by Crippen LogP contribution is -1.99. The molecule has 0 radical (unpaired) electrons. The van der Waals surface area contributed by atoms with Crippen molar-refractivity contribution in [2.24, 2.45) is 0 Å². The summed E-state index contributed by atoms with van der Waals surface area (Å²) < 4.78 is 1.70. The third-order valence-corrected chi connectivity index (χ3v) is 2.16. The van der Waals surface area contributed by atoms with Gasteiger partial charge < -0.3 is 0 Å². The SMILES string of the molecule is Cc1cnn(-c2cc(C)c(C#N)cn2)c1. The smallest absolute Gasteiger partial charge is 0.153 e. The number of nitriles is 1. The van der Waals surface area contributed by atoms with E-state index in [0.717, 1.165) is 16.9 Å². The van der Waals surface area contributed by atoms with Gasteiger partial charge in [0.1, 0.15) is 6.07 Å². The topological polar surface area (TPSA) is 54.5 Å². The predicted molar refractivity (Wildman–Crippen MR) is 55.5 cm³/mol. The van der Waals surface area contributed by atoms with Gasteiger partial charge >= 0.3 is 0 Å². The van der Waals surface area contributed by atoms with Gasteiger partial charge in [0.25, 0.3) is 0 Å². The molecule has 0 fully saturated rings. The Labute approximate surface area is 87.8 Å². The van der Waals surface area contributed by atoms with Crippen LogP contribution in [-0.2, 0) is 0 Å². The van der Waals surface area contributed by atoms with Crippen LogP contribution in [-0.4, -0.2) is 14.8 Å². The first-order valence-corrected chi connectivity index (χ1v) is 4.59. The average molecular weight is 198 g/mol. The molecule has 0 N–H and O–H groups in total. The molecule has 0 aliphatic carbocycles. The minimum Gasteiger partial charge on any atom is -0.236 e. The molecule has 0 aliphatic rings. The fraction of sp³-hybridized carbons (Fsp3) is 0.182. The van der Waals surface area contributed by atoms with Crippen molar-refractivity contribution in [2.75, 3.05) is 0 Å². The fourth-order valence-electron chi connectivity index (χ4n) is 1.32. The summed E-state index contributed by atoms with van der Waals surface area (Å²) in [7, 11) is 0. The number of rotatable bonds is 1. The Morgan fingerprint density at radius 1 is 1.33 bits per heavy atom. The van der Waals surface area contributed by atoms with E-state index in [0.29, 0.717) is 5.56 Å². The van der Waals surface area contributed by atoms with E-state index in [9.17, 15) is 0 Å². The molecule has 2 rings (SSSR count). The van der Waals surface area contributed by atoms with Gasteiger partial charge in [-0.1, -0.05) is 0 Å². The van der Waals surface area contributed by atoms with Crippen molar-refractivity contribution in [3.63, 3.8) is 0 Å². The van der Waals surface area contributed by atoms with Crippen molar-refractivity contribution < 1.29 is 0 Å². The van der Waals surface area contributed by atoms with Gasteiger partial charge in [-0.3, -0.25) is 0 Å². The van der Waals surface area contributed by atoms with Crippen LogP contribution in [0.3, 0.4) is 0 Å². The van der Waals surface area contributed by atoms with Gasteiger partial charge in [-0.15, -0.1) is 0 Å². The molecule has 0 saturated carbocycles. The zero-order valence-electron chi connectivity index (χ0n) is 8.60. The highest BCUT2D eigenvalue weighted by molar-refractivity contribution is 5.39. The number of aromatic nitrogens is 3. The van der Waals surface area contributed by atoms with E-state index in [1.807, 2.05) is 26.1 Å². The minimum atomic E-state index is 0.600. The molecule has 0 saturated heterocycles. The average Bonchev–Trinajstić information content (AvgIpc) is 2.65. The van der Waals surface area contributed by atoms with E-state index in [1.165, 1.54) is 0 Å². The second kappa shape index (κ2) is 3.54. The normalized spacial score (nSPS) is 9.93. The van der Waals surface area contributed by atoms with E-state index < -0.39 is 0 Å². The van der Waals surface area contributed by atoms with E-state index in [4.69, 9.17) is 5.26 Å². The molecule has 2 aromatic rings. The van der Waals surface area contributed by atoms with Crippen LogP contribution in [0.5, 0.6) is 0 Å². The van der Waals surface area contributed by atoms with Crippen molar-refractivity contribution >= 4 is 0 Å². The van der Waals surface area contributed by atoms with Gasteiger partial charge in [0.15, 0.2) is 5.82 Å². The van der Waals surface area contributed by atoms with Crippen LogP contribution in [0.15, 0.2) is 24.7 Å². The Morgan fingerprint density at radius 3 is 2.67 bits per heavy atom. The van der Waals surface area contributed by atoms with Gasteiger partial charge in [0.2, 0.25) is 0 Å².